The van der Waals surface area contributed by atoms with Crippen molar-refractivity contribution in [3.63, 3.8) is 0 Å². The Balaban J connectivity index is 2.13. The van der Waals surface area contributed by atoms with Gasteiger partial charge in [0.1, 0.15) is 0 Å². The number of ether oxygens (including phenoxy) is 1. The number of hydrogen-bond donors (Lipinski definition) is 1. The van der Waals surface area contributed by atoms with E-state index in [0.29, 0.717) is 17.8 Å². The molecular weight excluding hydrogens is 240 g/mol. The second-order valence-electron chi connectivity index (χ2n) is 5.18. The van der Waals surface area contributed by atoms with Crippen LogP contribution < -0.4 is 4.74 Å². The molecule has 1 saturated heterocycles. The van der Waals surface area contributed by atoms with E-state index in [1.165, 1.54) is 19.3 Å². The van der Waals surface area contributed by atoms with Gasteiger partial charge >= 0.3 is 0 Å². The van der Waals surface area contributed by atoms with Gasteiger partial charge in [-0.1, -0.05) is 0 Å². The Morgan fingerprint density at radius 2 is 2.00 bits per heavy atom. The highest BCUT2D eigenvalue weighted by Gasteiger charge is 2.22. The van der Waals surface area contributed by atoms with Crippen LogP contribution in [-0.4, -0.2) is 35.5 Å². The van der Waals surface area contributed by atoms with E-state index in [1.54, 1.807) is 19.2 Å². The third kappa shape index (κ3) is 3.19. The lowest BCUT2D eigenvalue weighted by atomic mass is 10.00. The average molecular weight is 262 g/mol. The number of methoxy groups -OCH3 is 1. The van der Waals surface area contributed by atoms with E-state index < -0.39 is 0 Å². The molecule has 1 aliphatic rings. The van der Waals surface area contributed by atoms with E-state index in [4.69, 9.17) is 4.74 Å². The number of nitrogens with zero attached hydrogens (tertiary/aromatic N) is 2. The maximum atomic E-state index is 9.56. The molecule has 104 valence electrons. The van der Waals surface area contributed by atoms with Crippen LogP contribution in [0.2, 0.25) is 0 Å². The summed E-state index contributed by atoms with van der Waals surface area (Å²) >= 11 is 0. The maximum absolute atomic E-state index is 9.56. The van der Waals surface area contributed by atoms with Crippen LogP contribution in [0.15, 0.2) is 23.3 Å². The molecule has 0 radical (unpaired) electrons. The van der Waals surface area contributed by atoms with Crippen LogP contribution in [-0.2, 0) is 0 Å². The Morgan fingerprint density at radius 3 is 2.63 bits per heavy atom. The number of hydrogen-bond acceptors (Lipinski definition) is 4. The van der Waals surface area contributed by atoms with Crippen molar-refractivity contribution in [2.75, 3.05) is 7.11 Å². The molecule has 0 aromatic heterocycles. The highest BCUT2D eigenvalue weighted by Crippen LogP contribution is 2.26. The Bertz CT molecular complexity index is 449. The molecule has 19 heavy (non-hydrogen) atoms. The molecule has 1 fully saturated rings. The quantitative estimate of drug-likeness (QED) is 0.852. The van der Waals surface area contributed by atoms with Crippen LogP contribution in [0.1, 0.15) is 38.7 Å². The van der Waals surface area contributed by atoms with Gasteiger partial charge in [-0.15, -0.1) is 0 Å². The van der Waals surface area contributed by atoms with Crippen molar-refractivity contribution >= 4 is 6.21 Å². The molecule has 4 nitrogen and oxygen atoms in total. The van der Waals surface area contributed by atoms with Crippen molar-refractivity contribution in [3.05, 3.63) is 23.8 Å². The number of hydrazone groups is 1. The smallest absolute Gasteiger partial charge is 0.161 e. The Hall–Kier alpha value is -1.71. The van der Waals surface area contributed by atoms with Crippen molar-refractivity contribution in [1.82, 2.24) is 5.01 Å². The zero-order valence-electron chi connectivity index (χ0n) is 11.8. The zero-order valence-corrected chi connectivity index (χ0v) is 11.8. The minimum Gasteiger partial charge on any atom is -0.504 e. The summed E-state index contributed by atoms with van der Waals surface area (Å²) in [5.41, 5.74) is 0.930. The van der Waals surface area contributed by atoms with Crippen molar-refractivity contribution < 1.29 is 9.84 Å². The molecule has 1 heterocycles. The van der Waals surface area contributed by atoms with Gasteiger partial charge in [0.2, 0.25) is 0 Å². The fraction of sp³-hybridized carbons (Fsp3) is 0.533. The van der Waals surface area contributed by atoms with Crippen LogP contribution in [0.5, 0.6) is 11.5 Å². The SMILES string of the molecule is COc1cc(C=NN2C(C)CCCC2C)ccc1O. The van der Waals surface area contributed by atoms with E-state index >= 15 is 0 Å². The Kier molecular flexibility index (Phi) is 4.30. The summed E-state index contributed by atoms with van der Waals surface area (Å²) in [7, 11) is 1.55. The molecule has 0 spiro atoms. The lowest BCUT2D eigenvalue weighted by Gasteiger charge is -2.36. The van der Waals surface area contributed by atoms with E-state index in [2.05, 4.69) is 24.0 Å². The molecule has 0 aliphatic carbocycles. The molecule has 1 N–H and O–H groups in total. The Morgan fingerprint density at radius 1 is 1.32 bits per heavy atom. The first-order valence-corrected chi connectivity index (χ1v) is 6.81. The summed E-state index contributed by atoms with van der Waals surface area (Å²) in [6.45, 7) is 4.43. The molecular formula is C15H22N2O2. The van der Waals surface area contributed by atoms with Gasteiger partial charge in [-0.25, -0.2) is 0 Å². The Labute approximate surface area is 114 Å². The molecule has 2 unspecified atom stereocenters. The number of benzene rings is 1. The van der Waals surface area contributed by atoms with E-state index in [-0.39, 0.29) is 5.75 Å². The fourth-order valence-electron chi connectivity index (χ4n) is 2.54. The number of phenols is 1. The highest BCUT2D eigenvalue weighted by molar-refractivity contribution is 5.80. The third-order valence-corrected chi connectivity index (χ3v) is 3.69. The minimum atomic E-state index is 0.152. The lowest BCUT2D eigenvalue weighted by Crippen LogP contribution is -2.39. The van der Waals surface area contributed by atoms with Crippen LogP contribution >= 0.6 is 0 Å². The van der Waals surface area contributed by atoms with E-state index in [0.717, 1.165) is 5.56 Å². The summed E-state index contributed by atoms with van der Waals surface area (Å²) in [6, 6.07) is 6.22. The topological polar surface area (TPSA) is 45.1 Å². The van der Waals surface area contributed by atoms with Gasteiger partial charge in [-0.05, 0) is 56.9 Å². The standard InChI is InChI=1S/C15H22N2O2/c1-11-5-4-6-12(2)17(11)16-10-13-7-8-14(18)15(9-13)19-3/h7-12,18H,4-6H2,1-3H3. The van der Waals surface area contributed by atoms with Gasteiger partial charge in [-0.3, -0.25) is 5.01 Å². The first-order valence-electron chi connectivity index (χ1n) is 6.81. The molecule has 0 amide bonds. The molecule has 0 saturated carbocycles. The van der Waals surface area contributed by atoms with Crippen molar-refractivity contribution in [2.45, 2.75) is 45.2 Å². The van der Waals surface area contributed by atoms with Crippen LogP contribution in [0.25, 0.3) is 0 Å². The van der Waals surface area contributed by atoms with E-state index in [9.17, 15) is 5.11 Å². The van der Waals surface area contributed by atoms with E-state index in [1.807, 2.05) is 12.3 Å². The molecule has 1 aromatic carbocycles. The summed E-state index contributed by atoms with van der Waals surface area (Å²) < 4.78 is 5.09. The second kappa shape index (κ2) is 5.95. The predicted molar refractivity (Wildman–Crippen MR) is 76.9 cm³/mol. The maximum Gasteiger partial charge on any atom is 0.161 e. The van der Waals surface area contributed by atoms with Crippen LogP contribution in [0.3, 0.4) is 0 Å². The van der Waals surface area contributed by atoms with Crippen molar-refractivity contribution in [2.24, 2.45) is 5.10 Å². The molecule has 2 rings (SSSR count). The molecule has 1 aliphatic heterocycles. The molecule has 0 bridgehead atoms. The highest BCUT2D eigenvalue weighted by atomic mass is 16.5. The summed E-state index contributed by atoms with van der Waals surface area (Å²) in [5, 5.41) is 16.3. The van der Waals surface area contributed by atoms with Gasteiger partial charge in [-0.2, -0.15) is 5.10 Å². The first kappa shape index (κ1) is 13.7. The zero-order chi connectivity index (χ0) is 13.8. The lowest BCUT2D eigenvalue weighted by molar-refractivity contribution is 0.109. The summed E-state index contributed by atoms with van der Waals surface area (Å²) in [6.07, 6.45) is 5.50. The van der Waals surface area contributed by atoms with Crippen LogP contribution in [0, 0.1) is 0 Å². The average Bonchev–Trinajstić information content (AvgIpc) is 2.40. The number of aromatic hydroxyl groups is 1. The molecule has 2 atom stereocenters. The predicted octanol–water partition coefficient (Wildman–Crippen LogP) is 3.00. The fourth-order valence-corrected chi connectivity index (χ4v) is 2.54. The van der Waals surface area contributed by atoms with Gasteiger partial charge in [0.05, 0.1) is 13.3 Å². The number of phenolic OH excluding ortho intramolecular Hbond substituents is 1. The summed E-state index contributed by atoms with van der Waals surface area (Å²) in [4.78, 5) is 0. The monoisotopic (exact) mass is 262 g/mol. The summed E-state index contributed by atoms with van der Waals surface area (Å²) in [5.74, 6) is 0.628. The van der Waals surface area contributed by atoms with Gasteiger partial charge < -0.3 is 9.84 Å². The normalized spacial score (nSPS) is 23.8. The largest absolute Gasteiger partial charge is 0.504 e. The van der Waals surface area contributed by atoms with Crippen molar-refractivity contribution in [1.29, 1.82) is 0 Å². The second-order valence-corrected chi connectivity index (χ2v) is 5.18. The van der Waals surface area contributed by atoms with Gasteiger partial charge in [0, 0.05) is 12.1 Å². The minimum absolute atomic E-state index is 0.152. The number of piperidine rings is 1. The first-order chi connectivity index (χ1) is 9.11. The van der Waals surface area contributed by atoms with Gasteiger partial charge in [0.15, 0.2) is 11.5 Å². The van der Waals surface area contributed by atoms with Gasteiger partial charge in [0.25, 0.3) is 0 Å². The third-order valence-electron chi connectivity index (χ3n) is 3.69. The number of rotatable bonds is 3. The van der Waals surface area contributed by atoms with Crippen LogP contribution in [0.4, 0.5) is 0 Å². The molecule has 4 heteroatoms. The van der Waals surface area contributed by atoms with Crippen molar-refractivity contribution in [3.8, 4) is 11.5 Å². The molecule has 1 aromatic rings.